The predicted octanol–water partition coefficient (Wildman–Crippen LogP) is 2.90. The van der Waals surface area contributed by atoms with Crippen molar-refractivity contribution in [3.8, 4) is 5.75 Å². The summed E-state index contributed by atoms with van der Waals surface area (Å²) in [5, 5.41) is 0. The molecule has 3 rings (SSSR count). The van der Waals surface area contributed by atoms with Gasteiger partial charge in [0.15, 0.2) is 0 Å². The standard InChI is InChI=1S/C19H24N2O3S/c1-16-8-10-17(11-9-16)25(22,23)21-13-5-12-20(14-15-21)18-6-3-4-7-19(18)24-2/h3-4,6-11H,5,12-15H2,1-2H3. The largest absolute Gasteiger partial charge is 0.495 e. The average Bonchev–Trinajstić information content (AvgIpc) is 2.88. The number of ether oxygens (including phenoxy) is 1. The number of hydrogen-bond acceptors (Lipinski definition) is 4. The highest BCUT2D eigenvalue weighted by Gasteiger charge is 2.27. The molecule has 25 heavy (non-hydrogen) atoms. The molecule has 0 N–H and O–H groups in total. The third-order valence-corrected chi connectivity index (χ3v) is 6.45. The Morgan fingerprint density at radius 2 is 1.64 bits per heavy atom. The summed E-state index contributed by atoms with van der Waals surface area (Å²) in [7, 11) is -1.79. The van der Waals surface area contributed by atoms with E-state index in [1.807, 2.05) is 43.3 Å². The average molecular weight is 360 g/mol. The molecule has 0 amide bonds. The van der Waals surface area contributed by atoms with Crippen LogP contribution in [0.15, 0.2) is 53.4 Å². The molecule has 2 aromatic rings. The Hall–Kier alpha value is -2.05. The number of nitrogens with zero attached hydrogens (tertiary/aromatic N) is 2. The van der Waals surface area contributed by atoms with Gasteiger partial charge < -0.3 is 9.64 Å². The number of hydrogen-bond donors (Lipinski definition) is 0. The minimum absolute atomic E-state index is 0.365. The number of benzene rings is 2. The molecule has 1 saturated heterocycles. The van der Waals surface area contributed by atoms with E-state index < -0.39 is 10.0 Å². The first-order valence-electron chi connectivity index (χ1n) is 8.47. The molecule has 0 bridgehead atoms. The van der Waals surface area contributed by atoms with Crippen molar-refractivity contribution in [3.05, 3.63) is 54.1 Å². The monoisotopic (exact) mass is 360 g/mol. The maximum absolute atomic E-state index is 12.9. The molecular weight excluding hydrogens is 336 g/mol. The fourth-order valence-corrected chi connectivity index (χ4v) is 4.60. The van der Waals surface area contributed by atoms with Crippen LogP contribution < -0.4 is 9.64 Å². The topological polar surface area (TPSA) is 49.9 Å². The van der Waals surface area contributed by atoms with Crippen molar-refractivity contribution in [2.24, 2.45) is 0 Å². The number of rotatable bonds is 4. The third-order valence-electron chi connectivity index (χ3n) is 4.54. The van der Waals surface area contributed by atoms with Gasteiger partial charge in [0, 0.05) is 26.2 Å². The van der Waals surface area contributed by atoms with Crippen LogP contribution in [0.3, 0.4) is 0 Å². The van der Waals surface area contributed by atoms with Crippen LogP contribution in [0.1, 0.15) is 12.0 Å². The van der Waals surface area contributed by atoms with Gasteiger partial charge in [0.2, 0.25) is 10.0 Å². The van der Waals surface area contributed by atoms with Crippen molar-refractivity contribution < 1.29 is 13.2 Å². The third kappa shape index (κ3) is 3.80. The first-order valence-corrected chi connectivity index (χ1v) is 9.91. The molecule has 5 nitrogen and oxygen atoms in total. The van der Waals surface area contributed by atoms with Crippen molar-refractivity contribution >= 4 is 15.7 Å². The number of anilines is 1. The van der Waals surface area contributed by atoms with Crippen molar-refractivity contribution in [2.75, 3.05) is 38.2 Å². The normalized spacial score (nSPS) is 16.5. The summed E-state index contributed by atoms with van der Waals surface area (Å²) in [5.41, 5.74) is 2.07. The minimum Gasteiger partial charge on any atom is -0.495 e. The fraction of sp³-hybridized carbons (Fsp3) is 0.368. The molecule has 1 aliphatic heterocycles. The molecule has 0 spiro atoms. The highest BCUT2D eigenvalue weighted by atomic mass is 32.2. The molecule has 134 valence electrons. The Morgan fingerprint density at radius 3 is 2.36 bits per heavy atom. The van der Waals surface area contributed by atoms with E-state index in [2.05, 4.69) is 4.90 Å². The van der Waals surface area contributed by atoms with E-state index >= 15 is 0 Å². The lowest BCUT2D eigenvalue weighted by Gasteiger charge is -2.25. The van der Waals surface area contributed by atoms with Gasteiger partial charge >= 0.3 is 0 Å². The predicted molar refractivity (Wildman–Crippen MR) is 99.8 cm³/mol. The van der Waals surface area contributed by atoms with Crippen LogP contribution in [-0.4, -0.2) is 46.0 Å². The maximum Gasteiger partial charge on any atom is 0.243 e. The number of methoxy groups -OCH3 is 1. The van der Waals surface area contributed by atoms with Gasteiger partial charge in [-0.1, -0.05) is 29.8 Å². The molecule has 0 saturated carbocycles. The number of sulfonamides is 1. The molecule has 2 aromatic carbocycles. The van der Waals surface area contributed by atoms with Crippen molar-refractivity contribution in [1.82, 2.24) is 4.31 Å². The van der Waals surface area contributed by atoms with Crippen molar-refractivity contribution in [3.63, 3.8) is 0 Å². The molecule has 0 radical (unpaired) electrons. The molecular formula is C19H24N2O3S. The summed E-state index contributed by atoms with van der Waals surface area (Å²) < 4.78 is 32.8. The second-order valence-electron chi connectivity index (χ2n) is 6.23. The van der Waals surface area contributed by atoms with Gasteiger partial charge in [0.25, 0.3) is 0 Å². The summed E-state index contributed by atoms with van der Waals surface area (Å²) in [5.74, 6) is 0.817. The van der Waals surface area contributed by atoms with Gasteiger partial charge in [-0.25, -0.2) is 8.42 Å². The number of para-hydroxylation sites is 2. The summed E-state index contributed by atoms with van der Waals surface area (Å²) in [6.07, 6.45) is 0.781. The summed E-state index contributed by atoms with van der Waals surface area (Å²) in [6, 6.07) is 14.9. The maximum atomic E-state index is 12.9. The second kappa shape index (κ2) is 7.45. The van der Waals surface area contributed by atoms with Crippen LogP contribution >= 0.6 is 0 Å². The van der Waals surface area contributed by atoms with Gasteiger partial charge in [0.1, 0.15) is 5.75 Å². The van der Waals surface area contributed by atoms with E-state index in [-0.39, 0.29) is 0 Å². The molecule has 6 heteroatoms. The highest BCUT2D eigenvalue weighted by molar-refractivity contribution is 7.89. The molecule has 1 aliphatic rings. The van der Waals surface area contributed by atoms with Crippen LogP contribution in [0.2, 0.25) is 0 Å². The van der Waals surface area contributed by atoms with Gasteiger partial charge in [-0.2, -0.15) is 4.31 Å². The van der Waals surface area contributed by atoms with E-state index in [0.717, 1.165) is 30.0 Å². The SMILES string of the molecule is COc1ccccc1N1CCCN(S(=O)(=O)c2ccc(C)cc2)CC1. The molecule has 0 unspecified atom stereocenters. The lowest BCUT2D eigenvalue weighted by molar-refractivity contribution is 0.414. The Bertz CT molecular complexity index is 819. The first kappa shape index (κ1) is 17.8. The van der Waals surface area contributed by atoms with Gasteiger partial charge in [-0.3, -0.25) is 0 Å². The zero-order valence-corrected chi connectivity index (χ0v) is 15.5. The van der Waals surface area contributed by atoms with Gasteiger partial charge in [-0.15, -0.1) is 0 Å². The smallest absolute Gasteiger partial charge is 0.243 e. The van der Waals surface area contributed by atoms with Crippen LogP contribution in [0.5, 0.6) is 5.75 Å². The first-order chi connectivity index (χ1) is 12.0. The molecule has 0 aliphatic carbocycles. The van der Waals surface area contributed by atoms with E-state index in [1.165, 1.54) is 0 Å². The van der Waals surface area contributed by atoms with Crippen LogP contribution in [0.25, 0.3) is 0 Å². The zero-order chi connectivity index (χ0) is 17.9. The van der Waals surface area contributed by atoms with Crippen molar-refractivity contribution in [2.45, 2.75) is 18.2 Å². The lowest BCUT2D eigenvalue weighted by Crippen LogP contribution is -2.35. The van der Waals surface area contributed by atoms with Gasteiger partial charge in [0.05, 0.1) is 17.7 Å². The molecule has 0 aromatic heterocycles. The highest BCUT2D eigenvalue weighted by Crippen LogP contribution is 2.29. The molecule has 1 fully saturated rings. The Kier molecular flexibility index (Phi) is 5.30. The Morgan fingerprint density at radius 1 is 0.920 bits per heavy atom. The summed E-state index contributed by atoms with van der Waals surface area (Å²) in [6.45, 7) is 4.40. The van der Waals surface area contributed by atoms with E-state index in [0.29, 0.717) is 24.5 Å². The summed E-state index contributed by atoms with van der Waals surface area (Å²) >= 11 is 0. The summed E-state index contributed by atoms with van der Waals surface area (Å²) in [4.78, 5) is 2.56. The van der Waals surface area contributed by atoms with Crippen LogP contribution in [0.4, 0.5) is 5.69 Å². The second-order valence-corrected chi connectivity index (χ2v) is 8.17. The number of aryl methyl sites for hydroxylation is 1. The van der Waals surface area contributed by atoms with Crippen molar-refractivity contribution in [1.29, 1.82) is 0 Å². The molecule has 1 heterocycles. The van der Waals surface area contributed by atoms with Gasteiger partial charge in [-0.05, 0) is 37.6 Å². The van der Waals surface area contributed by atoms with E-state index in [1.54, 1.807) is 23.5 Å². The van der Waals surface area contributed by atoms with Crippen LogP contribution in [0, 0.1) is 6.92 Å². The molecule has 0 atom stereocenters. The fourth-order valence-electron chi connectivity index (χ4n) is 3.13. The Balaban J connectivity index is 1.78. The zero-order valence-electron chi connectivity index (χ0n) is 14.7. The van der Waals surface area contributed by atoms with E-state index in [9.17, 15) is 8.42 Å². The van der Waals surface area contributed by atoms with Crippen LogP contribution in [-0.2, 0) is 10.0 Å². The van der Waals surface area contributed by atoms with E-state index in [4.69, 9.17) is 4.74 Å². The quantitative estimate of drug-likeness (QED) is 0.841. The Labute approximate surface area is 149 Å². The minimum atomic E-state index is -3.45. The lowest BCUT2D eigenvalue weighted by atomic mass is 10.2.